The number of piperazine rings is 1. The Kier molecular flexibility index (Phi) is 7.62. The van der Waals surface area contributed by atoms with E-state index in [1.54, 1.807) is 24.3 Å². The molecule has 1 heterocycles. The average Bonchev–Trinajstić information content (AvgIpc) is 2.74. The number of nitrogens with one attached hydrogen (secondary N) is 1. The van der Waals surface area contributed by atoms with Gasteiger partial charge in [0, 0.05) is 49.4 Å². The van der Waals surface area contributed by atoms with E-state index in [2.05, 4.69) is 22.2 Å². The lowest BCUT2D eigenvalue weighted by Crippen LogP contribution is -2.45. The van der Waals surface area contributed by atoms with Crippen molar-refractivity contribution in [3.8, 4) is 11.5 Å². The highest BCUT2D eigenvalue weighted by molar-refractivity contribution is 6.30. The fourth-order valence-corrected chi connectivity index (χ4v) is 3.37. The summed E-state index contributed by atoms with van der Waals surface area (Å²) in [5, 5.41) is 14.3. The molecule has 0 aromatic heterocycles. The van der Waals surface area contributed by atoms with E-state index in [0.717, 1.165) is 39.1 Å². The topological polar surface area (TPSA) is 88.0 Å². The van der Waals surface area contributed by atoms with Crippen molar-refractivity contribution in [3.63, 3.8) is 0 Å². The van der Waals surface area contributed by atoms with Crippen LogP contribution in [0.15, 0.2) is 42.5 Å². The minimum atomic E-state index is -0.550. The molecule has 0 radical (unpaired) electrons. The summed E-state index contributed by atoms with van der Waals surface area (Å²) in [6, 6.07) is 10.7. The highest BCUT2D eigenvalue weighted by Gasteiger charge is 2.17. The van der Waals surface area contributed by atoms with E-state index in [4.69, 9.17) is 16.3 Å². The Morgan fingerprint density at radius 2 is 1.87 bits per heavy atom. The van der Waals surface area contributed by atoms with E-state index in [1.807, 2.05) is 0 Å². The smallest absolute Gasteiger partial charge is 0.313 e. The number of rotatable bonds is 8. The molecule has 1 aliphatic heterocycles. The van der Waals surface area contributed by atoms with Gasteiger partial charge in [-0.05, 0) is 56.4 Å². The highest BCUT2D eigenvalue weighted by atomic mass is 35.5. The van der Waals surface area contributed by atoms with Gasteiger partial charge in [-0.2, -0.15) is 0 Å². The number of carbonyl (C=O) groups excluding carboxylic acids is 1. The monoisotopic (exact) mass is 432 g/mol. The number of ether oxygens (including phenoxy) is 1. The van der Waals surface area contributed by atoms with Gasteiger partial charge < -0.3 is 19.9 Å². The molecule has 2 aromatic carbocycles. The van der Waals surface area contributed by atoms with Crippen LogP contribution in [0.25, 0.3) is 0 Å². The van der Waals surface area contributed by atoms with E-state index in [0.29, 0.717) is 17.9 Å². The second kappa shape index (κ2) is 10.4. The maximum absolute atomic E-state index is 12.3. The van der Waals surface area contributed by atoms with E-state index in [-0.39, 0.29) is 22.4 Å². The van der Waals surface area contributed by atoms with Gasteiger partial charge in [-0.1, -0.05) is 11.6 Å². The molecule has 9 heteroatoms. The van der Waals surface area contributed by atoms with Crippen LogP contribution in [0, 0.1) is 10.1 Å². The average molecular weight is 433 g/mol. The number of benzene rings is 2. The van der Waals surface area contributed by atoms with Crippen LogP contribution in [0.5, 0.6) is 11.5 Å². The van der Waals surface area contributed by atoms with Crippen LogP contribution < -0.4 is 10.1 Å². The Balaban J connectivity index is 1.48. The molecule has 160 valence electrons. The number of nitro groups is 1. The molecule has 1 saturated heterocycles. The van der Waals surface area contributed by atoms with E-state index >= 15 is 0 Å². The molecule has 0 saturated carbocycles. The van der Waals surface area contributed by atoms with Crippen molar-refractivity contribution in [2.45, 2.75) is 6.42 Å². The first-order chi connectivity index (χ1) is 14.4. The first-order valence-corrected chi connectivity index (χ1v) is 10.2. The molecule has 30 heavy (non-hydrogen) atoms. The van der Waals surface area contributed by atoms with Crippen molar-refractivity contribution in [2.75, 3.05) is 46.3 Å². The number of hydrogen-bond acceptors (Lipinski definition) is 6. The van der Waals surface area contributed by atoms with Gasteiger partial charge in [-0.3, -0.25) is 14.9 Å². The van der Waals surface area contributed by atoms with Crippen LogP contribution in [0.1, 0.15) is 16.8 Å². The molecule has 0 bridgehead atoms. The number of likely N-dealkylation sites (N-methyl/N-ethyl adjacent to an activating group) is 1. The predicted octanol–water partition coefficient (Wildman–Crippen LogP) is 3.41. The van der Waals surface area contributed by atoms with E-state index in [9.17, 15) is 14.9 Å². The summed E-state index contributed by atoms with van der Waals surface area (Å²) in [4.78, 5) is 27.6. The zero-order chi connectivity index (χ0) is 21.5. The zero-order valence-electron chi connectivity index (χ0n) is 16.8. The molecule has 1 amide bonds. The zero-order valence-corrected chi connectivity index (χ0v) is 17.6. The van der Waals surface area contributed by atoms with Gasteiger partial charge in [0.1, 0.15) is 5.75 Å². The molecule has 0 aliphatic carbocycles. The molecule has 2 aromatic rings. The molecule has 0 atom stereocenters. The van der Waals surface area contributed by atoms with Crippen LogP contribution >= 0.6 is 11.6 Å². The minimum absolute atomic E-state index is 0.0884. The Morgan fingerprint density at radius 1 is 1.17 bits per heavy atom. The SMILES string of the molecule is CN1CCN(CCCNC(=O)c2ccc(Oc3ccc(Cl)cc3[N+](=O)[O-])cc2)CC1. The summed E-state index contributed by atoms with van der Waals surface area (Å²) in [6.07, 6.45) is 0.900. The Morgan fingerprint density at radius 3 is 2.53 bits per heavy atom. The Labute approximate surface area is 180 Å². The van der Waals surface area contributed by atoms with Gasteiger partial charge in [0.15, 0.2) is 0 Å². The van der Waals surface area contributed by atoms with Crippen LogP contribution in [0.2, 0.25) is 5.02 Å². The van der Waals surface area contributed by atoms with E-state index < -0.39 is 4.92 Å². The fourth-order valence-electron chi connectivity index (χ4n) is 3.20. The third kappa shape index (κ3) is 6.16. The van der Waals surface area contributed by atoms with Crippen molar-refractivity contribution >= 4 is 23.2 Å². The Hall–Kier alpha value is -2.68. The van der Waals surface area contributed by atoms with Gasteiger partial charge in [-0.15, -0.1) is 0 Å². The Bertz CT molecular complexity index is 883. The fraction of sp³-hybridized carbons (Fsp3) is 0.381. The second-order valence-electron chi connectivity index (χ2n) is 7.25. The van der Waals surface area contributed by atoms with Crippen LogP contribution in [-0.4, -0.2) is 66.9 Å². The second-order valence-corrected chi connectivity index (χ2v) is 7.69. The van der Waals surface area contributed by atoms with Crippen molar-refractivity contribution < 1.29 is 14.5 Å². The molecule has 0 spiro atoms. The summed E-state index contributed by atoms with van der Waals surface area (Å²) in [5.74, 6) is 0.329. The van der Waals surface area contributed by atoms with Crippen molar-refractivity contribution in [2.24, 2.45) is 0 Å². The molecule has 8 nitrogen and oxygen atoms in total. The van der Waals surface area contributed by atoms with Crippen LogP contribution in [0.3, 0.4) is 0 Å². The third-order valence-corrected chi connectivity index (χ3v) is 5.23. The van der Waals surface area contributed by atoms with Gasteiger partial charge in [0.05, 0.1) is 4.92 Å². The maximum atomic E-state index is 12.3. The van der Waals surface area contributed by atoms with Gasteiger partial charge in [0.2, 0.25) is 5.75 Å². The van der Waals surface area contributed by atoms with Crippen molar-refractivity contribution in [1.29, 1.82) is 0 Å². The van der Waals surface area contributed by atoms with E-state index in [1.165, 1.54) is 18.2 Å². The summed E-state index contributed by atoms with van der Waals surface area (Å²) in [7, 11) is 2.13. The molecular formula is C21H25ClN4O4. The molecule has 1 aliphatic rings. The third-order valence-electron chi connectivity index (χ3n) is 4.99. The lowest BCUT2D eigenvalue weighted by molar-refractivity contribution is -0.385. The van der Waals surface area contributed by atoms with Crippen molar-refractivity contribution in [1.82, 2.24) is 15.1 Å². The molecule has 1 N–H and O–H groups in total. The highest BCUT2D eigenvalue weighted by Crippen LogP contribution is 2.33. The minimum Gasteiger partial charge on any atom is -0.450 e. The first kappa shape index (κ1) is 22.0. The predicted molar refractivity (Wildman–Crippen MR) is 116 cm³/mol. The lowest BCUT2D eigenvalue weighted by Gasteiger charge is -2.32. The molecule has 3 rings (SSSR count). The number of hydrogen-bond donors (Lipinski definition) is 1. The summed E-state index contributed by atoms with van der Waals surface area (Å²) >= 11 is 5.81. The van der Waals surface area contributed by atoms with Crippen LogP contribution in [-0.2, 0) is 0 Å². The normalized spacial score (nSPS) is 15.0. The summed E-state index contributed by atoms with van der Waals surface area (Å²) < 4.78 is 5.59. The molecule has 0 unspecified atom stereocenters. The number of nitrogens with zero attached hydrogens (tertiary/aromatic N) is 3. The summed E-state index contributed by atoms with van der Waals surface area (Å²) in [6.45, 7) is 5.89. The number of amides is 1. The molecule has 1 fully saturated rings. The molecular weight excluding hydrogens is 408 g/mol. The number of halogens is 1. The summed E-state index contributed by atoms with van der Waals surface area (Å²) in [5.41, 5.74) is 0.289. The standard InChI is InChI=1S/C21H25ClN4O4/c1-24-11-13-25(14-12-24)10-2-9-23-21(27)16-3-6-18(7-4-16)30-20-8-5-17(22)15-19(20)26(28)29/h3-8,15H,2,9-14H2,1H3,(H,23,27). The number of nitro benzene ring substituents is 1. The van der Waals surface area contributed by atoms with Gasteiger partial charge in [0.25, 0.3) is 5.91 Å². The number of carbonyl (C=O) groups is 1. The quantitative estimate of drug-likeness (QED) is 0.390. The maximum Gasteiger partial charge on any atom is 0.313 e. The van der Waals surface area contributed by atoms with Gasteiger partial charge in [-0.25, -0.2) is 0 Å². The van der Waals surface area contributed by atoms with Crippen LogP contribution in [0.4, 0.5) is 5.69 Å². The van der Waals surface area contributed by atoms with Crippen molar-refractivity contribution in [3.05, 3.63) is 63.2 Å². The van der Waals surface area contributed by atoms with Gasteiger partial charge >= 0.3 is 5.69 Å². The lowest BCUT2D eigenvalue weighted by atomic mass is 10.2. The largest absolute Gasteiger partial charge is 0.450 e. The first-order valence-electron chi connectivity index (χ1n) is 9.83.